The van der Waals surface area contributed by atoms with E-state index in [0.717, 1.165) is 0 Å². The first-order chi connectivity index (χ1) is 10.8. The Morgan fingerprint density at radius 1 is 1.30 bits per heavy atom. The molecule has 0 bridgehead atoms. The van der Waals surface area contributed by atoms with Gasteiger partial charge < -0.3 is 14.7 Å². The highest BCUT2D eigenvalue weighted by Gasteiger charge is 2.31. The lowest BCUT2D eigenvalue weighted by atomic mass is 10.2. The van der Waals surface area contributed by atoms with Crippen LogP contribution in [0, 0.1) is 0 Å². The molecule has 2 aromatic rings. The summed E-state index contributed by atoms with van der Waals surface area (Å²) in [4.78, 5) is 14.6. The van der Waals surface area contributed by atoms with Gasteiger partial charge in [0.25, 0.3) is 5.91 Å². The molecule has 0 spiro atoms. The standard InChI is InChI=1S/C15H14F3NO3S/c1-19(7-8-20)14(21)13-6-5-12(23-13)10-3-2-4-11(9-10)22-15(16,17)18/h2-6,9,20H,7-8H2,1H3. The molecular weight excluding hydrogens is 331 g/mol. The minimum absolute atomic E-state index is 0.142. The number of ether oxygens (including phenoxy) is 1. The molecule has 0 aliphatic rings. The second-order valence-electron chi connectivity index (χ2n) is 4.69. The van der Waals surface area contributed by atoms with E-state index in [9.17, 15) is 18.0 Å². The molecular formula is C15H14F3NO3S. The van der Waals surface area contributed by atoms with Crippen LogP contribution in [0.2, 0.25) is 0 Å². The van der Waals surface area contributed by atoms with Gasteiger partial charge in [-0.25, -0.2) is 0 Å². The third kappa shape index (κ3) is 4.70. The van der Waals surface area contributed by atoms with Gasteiger partial charge in [-0.05, 0) is 29.8 Å². The summed E-state index contributed by atoms with van der Waals surface area (Å²) in [7, 11) is 1.57. The van der Waals surface area contributed by atoms with Crippen molar-refractivity contribution in [3.63, 3.8) is 0 Å². The van der Waals surface area contributed by atoms with E-state index in [1.807, 2.05) is 0 Å². The quantitative estimate of drug-likeness (QED) is 0.904. The van der Waals surface area contributed by atoms with Crippen molar-refractivity contribution in [1.82, 2.24) is 4.90 Å². The van der Waals surface area contributed by atoms with Gasteiger partial charge in [-0.3, -0.25) is 4.79 Å². The van der Waals surface area contributed by atoms with Crippen LogP contribution in [-0.4, -0.2) is 42.5 Å². The van der Waals surface area contributed by atoms with Crippen LogP contribution < -0.4 is 4.74 Å². The number of aliphatic hydroxyl groups excluding tert-OH is 1. The van der Waals surface area contributed by atoms with E-state index in [1.54, 1.807) is 25.2 Å². The van der Waals surface area contributed by atoms with Crippen LogP contribution in [0.1, 0.15) is 9.67 Å². The first-order valence-electron chi connectivity index (χ1n) is 6.62. The Hall–Kier alpha value is -2.06. The summed E-state index contributed by atoms with van der Waals surface area (Å²) in [5, 5.41) is 8.84. The number of thiophene rings is 1. The molecule has 124 valence electrons. The summed E-state index contributed by atoms with van der Waals surface area (Å²) in [5.74, 6) is -0.563. The first-order valence-corrected chi connectivity index (χ1v) is 7.44. The molecule has 2 rings (SSSR count). The van der Waals surface area contributed by atoms with Crippen molar-refractivity contribution >= 4 is 17.2 Å². The Bertz CT molecular complexity index is 685. The van der Waals surface area contributed by atoms with Gasteiger partial charge in [-0.1, -0.05) is 12.1 Å². The Labute approximate surface area is 134 Å². The van der Waals surface area contributed by atoms with Gasteiger partial charge in [0.1, 0.15) is 5.75 Å². The van der Waals surface area contributed by atoms with E-state index in [4.69, 9.17) is 5.11 Å². The van der Waals surface area contributed by atoms with Gasteiger partial charge in [0, 0.05) is 18.5 Å². The monoisotopic (exact) mass is 345 g/mol. The van der Waals surface area contributed by atoms with Gasteiger partial charge in [-0.15, -0.1) is 24.5 Å². The number of hydrogen-bond donors (Lipinski definition) is 1. The van der Waals surface area contributed by atoms with Gasteiger partial charge in [0.05, 0.1) is 11.5 Å². The third-order valence-corrected chi connectivity index (χ3v) is 4.07. The van der Waals surface area contributed by atoms with E-state index >= 15 is 0 Å². The third-order valence-electron chi connectivity index (χ3n) is 2.95. The number of aliphatic hydroxyl groups is 1. The van der Waals surface area contributed by atoms with Crippen LogP contribution in [0.3, 0.4) is 0 Å². The van der Waals surface area contributed by atoms with Crippen molar-refractivity contribution in [1.29, 1.82) is 0 Å². The van der Waals surface area contributed by atoms with Crippen LogP contribution in [-0.2, 0) is 0 Å². The van der Waals surface area contributed by atoms with Crippen molar-refractivity contribution in [3.8, 4) is 16.2 Å². The van der Waals surface area contributed by atoms with E-state index in [1.165, 1.54) is 34.4 Å². The van der Waals surface area contributed by atoms with Crippen molar-refractivity contribution in [3.05, 3.63) is 41.3 Å². The van der Waals surface area contributed by atoms with Crippen LogP contribution >= 0.6 is 11.3 Å². The average molecular weight is 345 g/mol. The summed E-state index contributed by atoms with van der Waals surface area (Å²) in [6.07, 6.45) is -4.75. The molecule has 0 saturated heterocycles. The summed E-state index contributed by atoms with van der Waals surface area (Å²) in [6, 6.07) is 8.85. The minimum atomic E-state index is -4.75. The zero-order chi connectivity index (χ0) is 17.0. The maximum Gasteiger partial charge on any atom is 0.573 e. The summed E-state index contributed by atoms with van der Waals surface area (Å²) < 4.78 is 40.7. The number of nitrogens with zero attached hydrogens (tertiary/aromatic N) is 1. The number of rotatable bonds is 5. The Morgan fingerprint density at radius 2 is 2.04 bits per heavy atom. The zero-order valence-corrected chi connectivity index (χ0v) is 12.9. The lowest BCUT2D eigenvalue weighted by Crippen LogP contribution is -2.28. The molecule has 0 fully saturated rings. The minimum Gasteiger partial charge on any atom is -0.406 e. The highest BCUT2D eigenvalue weighted by Crippen LogP contribution is 2.32. The van der Waals surface area contributed by atoms with Crippen LogP contribution in [0.15, 0.2) is 36.4 Å². The molecule has 8 heteroatoms. The lowest BCUT2D eigenvalue weighted by Gasteiger charge is -2.13. The number of carbonyl (C=O) groups excluding carboxylic acids is 1. The number of alkyl halides is 3. The summed E-state index contributed by atoms with van der Waals surface area (Å²) >= 11 is 1.17. The fourth-order valence-corrected chi connectivity index (χ4v) is 2.89. The number of likely N-dealkylation sites (N-methyl/N-ethyl adjacent to an activating group) is 1. The molecule has 0 radical (unpaired) electrons. The molecule has 0 aliphatic heterocycles. The van der Waals surface area contributed by atoms with Crippen molar-refractivity contribution in [2.24, 2.45) is 0 Å². The first kappa shape index (κ1) is 17.3. The molecule has 23 heavy (non-hydrogen) atoms. The molecule has 0 unspecified atom stereocenters. The van der Waals surface area contributed by atoms with Gasteiger partial charge >= 0.3 is 6.36 Å². The van der Waals surface area contributed by atoms with Gasteiger partial charge in [0.2, 0.25) is 0 Å². The summed E-state index contributed by atoms with van der Waals surface area (Å²) in [6.45, 7) is 0.0677. The van der Waals surface area contributed by atoms with E-state index in [-0.39, 0.29) is 24.8 Å². The van der Waals surface area contributed by atoms with Crippen LogP contribution in [0.25, 0.3) is 10.4 Å². The largest absolute Gasteiger partial charge is 0.573 e. The number of benzene rings is 1. The molecule has 1 aromatic heterocycles. The smallest absolute Gasteiger partial charge is 0.406 e. The molecule has 0 aliphatic carbocycles. The van der Waals surface area contributed by atoms with E-state index in [2.05, 4.69) is 4.74 Å². The van der Waals surface area contributed by atoms with Crippen LogP contribution in [0.5, 0.6) is 5.75 Å². The second kappa shape index (κ2) is 7.01. The van der Waals surface area contributed by atoms with Crippen molar-refractivity contribution in [2.75, 3.05) is 20.2 Å². The SMILES string of the molecule is CN(CCO)C(=O)c1ccc(-c2cccc(OC(F)(F)F)c2)s1. The lowest BCUT2D eigenvalue weighted by molar-refractivity contribution is -0.274. The number of amides is 1. The van der Waals surface area contributed by atoms with E-state index < -0.39 is 6.36 Å². The molecule has 1 heterocycles. The Morgan fingerprint density at radius 3 is 2.70 bits per heavy atom. The molecule has 1 N–H and O–H groups in total. The zero-order valence-electron chi connectivity index (χ0n) is 12.1. The maximum absolute atomic E-state index is 12.3. The highest BCUT2D eigenvalue weighted by atomic mass is 32.1. The number of carbonyl (C=O) groups is 1. The normalized spacial score (nSPS) is 11.3. The van der Waals surface area contributed by atoms with Crippen LogP contribution in [0.4, 0.5) is 13.2 Å². The van der Waals surface area contributed by atoms with Crippen molar-refractivity contribution < 1.29 is 27.8 Å². The topological polar surface area (TPSA) is 49.8 Å². The maximum atomic E-state index is 12.3. The van der Waals surface area contributed by atoms with Gasteiger partial charge in [0.15, 0.2) is 0 Å². The molecule has 0 atom stereocenters. The van der Waals surface area contributed by atoms with Gasteiger partial charge in [-0.2, -0.15) is 0 Å². The molecule has 1 aromatic carbocycles. The Balaban J connectivity index is 2.20. The fraction of sp³-hybridized carbons (Fsp3) is 0.267. The fourth-order valence-electron chi connectivity index (χ4n) is 1.89. The number of hydrogen-bond acceptors (Lipinski definition) is 4. The predicted octanol–water partition coefficient (Wildman–Crippen LogP) is 3.38. The molecule has 0 saturated carbocycles. The molecule has 4 nitrogen and oxygen atoms in total. The molecule has 1 amide bonds. The van der Waals surface area contributed by atoms with E-state index in [0.29, 0.717) is 15.3 Å². The highest BCUT2D eigenvalue weighted by molar-refractivity contribution is 7.17. The van der Waals surface area contributed by atoms with Crippen molar-refractivity contribution in [2.45, 2.75) is 6.36 Å². The average Bonchev–Trinajstić information content (AvgIpc) is 2.95. The second-order valence-corrected chi connectivity index (χ2v) is 5.77. The summed E-state index contributed by atoms with van der Waals surface area (Å²) in [5.41, 5.74) is 0.528. The predicted molar refractivity (Wildman–Crippen MR) is 80.5 cm³/mol. The Kier molecular flexibility index (Phi) is 5.27. The number of halogens is 3.